The van der Waals surface area contributed by atoms with Crippen molar-refractivity contribution in [3.8, 4) is 0 Å². The molecule has 0 heterocycles. The van der Waals surface area contributed by atoms with E-state index in [0.29, 0.717) is 0 Å². The highest BCUT2D eigenvalue weighted by Gasteiger charge is 1.92. The average molecular weight is 174 g/mol. The largest absolute Gasteiger partial charge is 0.631 e. The van der Waals surface area contributed by atoms with E-state index in [-0.39, 0.29) is 0 Å². The second-order valence-electron chi connectivity index (χ2n) is 1.64. The summed E-state index contributed by atoms with van der Waals surface area (Å²) in [6.07, 6.45) is 0. The Bertz CT molecular complexity index is 178. The molecule has 1 rings (SSSR count). The summed E-state index contributed by atoms with van der Waals surface area (Å²) in [5, 5.41) is 22.3. The molecule has 1 aromatic carbocycles. The lowest BCUT2D eigenvalue weighted by atomic mass is 10.3. The van der Waals surface area contributed by atoms with Gasteiger partial charge < -0.3 is 15.1 Å². The van der Waals surface area contributed by atoms with Gasteiger partial charge >= 0.3 is 7.32 Å². The van der Waals surface area contributed by atoms with Crippen LogP contribution in [-0.2, 0) is 0 Å². The zero-order valence-electron chi connectivity index (χ0n) is 5.68. The summed E-state index contributed by atoms with van der Waals surface area (Å²) in [4.78, 5) is 0. The Kier molecular flexibility index (Phi) is 5.88. The molecule has 0 amide bonds. The fourth-order valence-corrected chi connectivity index (χ4v) is 0.560. The Morgan fingerprint density at radius 2 is 1.36 bits per heavy atom. The molecule has 0 aliphatic rings. The molecule has 3 N–H and O–H groups in total. The molecule has 0 aliphatic carbocycles. The first-order valence-electron chi connectivity index (χ1n) is 2.87. The van der Waals surface area contributed by atoms with Crippen LogP contribution >= 0.6 is 11.6 Å². The molecule has 0 spiro atoms. The molecular formula is C6H8BClO3. The van der Waals surface area contributed by atoms with Crippen LogP contribution in [0.1, 0.15) is 0 Å². The lowest BCUT2D eigenvalue weighted by Gasteiger charge is -1.80. The third kappa shape index (κ3) is 9.45. The smallest absolute Gasteiger partial charge is 0.402 e. The summed E-state index contributed by atoms with van der Waals surface area (Å²) < 4.78 is 0. The van der Waals surface area contributed by atoms with E-state index in [1.807, 2.05) is 30.3 Å². The molecule has 0 fully saturated rings. The normalized spacial score (nSPS) is 8.00. The molecule has 5 heteroatoms. The van der Waals surface area contributed by atoms with Crippen LogP contribution in [0, 0.1) is 0 Å². The SMILES string of the molecule is Clc1ccccc1.OB(O)O. The maximum absolute atomic E-state index is 7.17. The molecule has 11 heavy (non-hydrogen) atoms. The van der Waals surface area contributed by atoms with Gasteiger partial charge in [-0.1, -0.05) is 29.8 Å². The molecule has 0 saturated heterocycles. The van der Waals surface area contributed by atoms with Crippen molar-refractivity contribution in [1.29, 1.82) is 0 Å². The van der Waals surface area contributed by atoms with E-state index in [4.69, 9.17) is 26.7 Å². The first kappa shape index (κ1) is 10.5. The predicted octanol–water partition coefficient (Wildman–Crippen LogP) is 0.288. The van der Waals surface area contributed by atoms with Crippen LogP contribution in [-0.4, -0.2) is 22.4 Å². The fourth-order valence-electron chi connectivity index (χ4n) is 0.415. The summed E-state index contributed by atoms with van der Waals surface area (Å²) in [5.74, 6) is 0. The van der Waals surface area contributed by atoms with Crippen molar-refractivity contribution in [2.45, 2.75) is 0 Å². The first-order chi connectivity index (χ1) is 5.13. The fraction of sp³-hybridized carbons (Fsp3) is 0. The zero-order valence-corrected chi connectivity index (χ0v) is 6.44. The molecular weight excluding hydrogens is 166 g/mol. The minimum absolute atomic E-state index is 0.794. The highest BCUT2D eigenvalue weighted by molar-refractivity contribution is 6.30. The number of hydrogen-bond donors (Lipinski definition) is 3. The van der Waals surface area contributed by atoms with Crippen molar-refractivity contribution in [3.63, 3.8) is 0 Å². The summed E-state index contributed by atoms with van der Waals surface area (Å²) in [6.45, 7) is 0. The van der Waals surface area contributed by atoms with E-state index in [1.54, 1.807) is 0 Å². The highest BCUT2D eigenvalue weighted by atomic mass is 35.5. The molecule has 1 aromatic rings. The monoisotopic (exact) mass is 174 g/mol. The van der Waals surface area contributed by atoms with Crippen molar-refractivity contribution >= 4 is 18.9 Å². The predicted molar refractivity (Wildman–Crippen MR) is 43.9 cm³/mol. The molecule has 0 bridgehead atoms. The summed E-state index contributed by atoms with van der Waals surface area (Å²) in [6, 6.07) is 9.44. The summed E-state index contributed by atoms with van der Waals surface area (Å²) >= 11 is 5.54. The van der Waals surface area contributed by atoms with Crippen molar-refractivity contribution < 1.29 is 15.1 Å². The third-order valence-corrected chi connectivity index (χ3v) is 0.985. The second kappa shape index (κ2) is 6.18. The van der Waals surface area contributed by atoms with E-state index in [1.165, 1.54) is 0 Å². The lowest BCUT2D eigenvalue weighted by molar-refractivity contribution is 0.278. The van der Waals surface area contributed by atoms with Gasteiger partial charge in [0.05, 0.1) is 0 Å². The zero-order chi connectivity index (χ0) is 8.69. The molecule has 0 radical (unpaired) electrons. The van der Waals surface area contributed by atoms with Crippen LogP contribution in [0.5, 0.6) is 0 Å². The number of halogens is 1. The average Bonchev–Trinajstić information content (AvgIpc) is 1.87. The minimum Gasteiger partial charge on any atom is -0.402 e. The quantitative estimate of drug-likeness (QED) is 0.495. The van der Waals surface area contributed by atoms with Gasteiger partial charge in [0.2, 0.25) is 0 Å². The third-order valence-electron chi connectivity index (χ3n) is 0.733. The Morgan fingerprint density at radius 1 is 1.00 bits per heavy atom. The molecule has 0 aliphatic heterocycles. The van der Waals surface area contributed by atoms with E-state index in [9.17, 15) is 0 Å². The van der Waals surface area contributed by atoms with Crippen LogP contribution in [0.2, 0.25) is 5.02 Å². The maximum atomic E-state index is 7.17. The van der Waals surface area contributed by atoms with E-state index in [0.717, 1.165) is 5.02 Å². The van der Waals surface area contributed by atoms with Gasteiger partial charge in [0, 0.05) is 5.02 Å². The van der Waals surface area contributed by atoms with E-state index in [2.05, 4.69) is 0 Å². The van der Waals surface area contributed by atoms with Gasteiger partial charge in [0.25, 0.3) is 0 Å². The maximum Gasteiger partial charge on any atom is 0.631 e. The molecule has 0 saturated carbocycles. The van der Waals surface area contributed by atoms with Gasteiger partial charge in [0.15, 0.2) is 0 Å². The van der Waals surface area contributed by atoms with E-state index >= 15 is 0 Å². The lowest BCUT2D eigenvalue weighted by Crippen LogP contribution is -2.07. The van der Waals surface area contributed by atoms with Crippen molar-refractivity contribution in [3.05, 3.63) is 35.4 Å². The van der Waals surface area contributed by atoms with Crippen molar-refractivity contribution in [2.75, 3.05) is 0 Å². The molecule has 60 valence electrons. The number of rotatable bonds is 0. The van der Waals surface area contributed by atoms with Crippen LogP contribution in [0.15, 0.2) is 30.3 Å². The van der Waals surface area contributed by atoms with Gasteiger partial charge in [-0.3, -0.25) is 0 Å². The molecule has 0 aromatic heterocycles. The molecule has 0 unspecified atom stereocenters. The second-order valence-corrected chi connectivity index (χ2v) is 2.08. The van der Waals surface area contributed by atoms with Gasteiger partial charge in [0.1, 0.15) is 0 Å². The highest BCUT2D eigenvalue weighted by Crippen LogP contribution is 2.03. The standard InChI is InChI=1S/C6H5Cl.BH3O3/c7-6-4-2-1-3-5-6;2-1(3)4/h1-5H;2-4H. The topological polar surface area (TPSA) is 60.7 Å². The van der Waals surface area contributed by atoms with Gasteiger partial charge in [-0.15, -0.1) is 0 Å². The van der Waals surface area contributed by atoms with Gasteiger partial charge in [-0.2, -0.15) is 0 Å². The van der Waals surface area contributed by atoms with Crippen LogP contribution < -0.4 is 0 Å². The van der Waals surface area contributed by atoms with Gasteiger partial charge in [-0.05, 0) is 12.1 Å². The Hall–Kier alpha value is -0.545. The molecule has 0 atom stereocenters. The van der Waals surface area contributed by atoms with Gasteiger partial charge in [-0.25, -0.2) is 0 Å². The summed E-state index contributed by atoms with van der Waals surface area (Å²) in [5.41, 5.74) is 0. The van der Waals surface area contributed by atoms with Crippen LogP contribution in [0.3, 0.4) is 0 Å². The Balaban J connectivity index is 0.000000218. The Labute approximate surface area is 70.1 Å². The van der Waals surface area contributed by atoms with Crippen molar-refractivity contribution in [1.82, 2.24) is 0 Å². The molecule has 3 nitrogen and oxygen atoms in total. The van der Waals surface area contributed by atoms with Crippen LogP contribution in [0.25, 0.3) is 0 Å². The number of benzene rings is 1. The first-order valence-corrected chi connectivity index (χ1v) is 3.25. The number of hydrogen-bond acceptors (Lipinski definition) is 3. The van der Waals surface area contributed by atoms with Crippen molar-refractivity contribution in [2.24, 2.45) is 0 Å². The van der Waals surface area contributed by atoms with E-state index < -0.39 is 7.32 Å². The van der Waals surface area contributed by atoms with Crippen LogP contribution in [0.4, 0.5) is 0 Å². The minimum atomic E-state index is -2.17. The summed E-state index contributed by atoms with van der Waals surface area (Å²) in [7, 11) is -2.17. The Morgan fingerprint density at radius 3 is 1.55 bits per heavy atom.